The first-order valence-corrected chi connectivity index (χ1v) is 6.42. The van der Waals surface area contributed by atoms with Gasteiger partial charge in [-0.05, 0) is 36.4 Å². The monoisotopic (exact) mass is 314 g/mol. The van der Waals surface area contributed by atoms with E-state index < -0.39 is 0 Å². The molecule has 0 atom stereocenters. The summed E-state index contributed by atoms with van der Waals surface area (Å²) in [5.74, 6) is -0.305. The predicted molar refractivity (Wildman–Crippen MR) is 80.3 cm³/mol. The van der Waals surface area contributed by atoms with Gasteiger partial charge in [-0.25, -0.2) is 0 Å². The second-order valence-corrected chi connectivity index (χ2v) is 5.04. The van der Waals surface area contributed by atoms with Gasteiger partial charge in [-0.1, -0.05) is 34.8 Å². The summed E-state index contributed by atoms with van der Waals surface area (Å²) in [4.78, 5) is 12.0. The molecule has 0 saturated carbocycles. The van der Waals surface area contributed by atoms with Crippen LogP contribution in [0.5, 0.6) is 0 Å². The van der Waals surface area contributed by atoms with E-state index in [9.17, 15) is 4.79 Å². The van der Waals surface area contributed by atoms with Gasteiger partial charge in [0, 0.05) is 11.3 Å². The quantitative estimate of drug-likeness (QED) is 0.803. The van der Waals surface area contributed by atoms with Gasteiger partial charge in [0.1, 0.15) is 0 Å². The van der Waals surface area contributed by atoms with Crippen LogP contribution in [0.4, 0.5) is 11.4 Å². The summed E-state index contributed by atoms with van der Waals surface area (Å²) in [5.41, 5.74) is 6.96. The van der Waals surface area contributed by atoms with Crippen molar-refractivity contribution in [3.05, 3.63) is 57.0 Å². The second-order valence-electron chi connectivity index (χ2n) is 3.82. The van der Waals surface area contributed by atoms with E-state index in [1.54, 1.807) is 30.3 Å². The lowest BCUT2D eigenvalue weighted by atomic mass is 10.2. The number of anilines is 2. The number of nitrogen functional groups attached to an aromatic ring is 1. The van der Waals surface area contributed by atoms with Crippen molar-refractivity contribution in [3.63, 3.8) is 0 Å². The molecule has 98 valence electrons. The van der Waals surface area contributed by atoms with Crippen LogP contribution in [0.2, 0.25) is 15.1 Å². The van der Waals surface area contributed by atoms with Crippen LogP contribution in [0.15, 0.2) is 36.4 Å². The summed E-state index contributed by atoms with van der Waals surface area (Å²) in [6.45, 7) is 0. The van der Waals surface area contributed by atoms with Crippen LogP contribution >= 0.6 is 34.8 Å². The summed E-state index contributed by atoms with van der Waals surface area (Å²) in [7, 11) is 0. The molecule has 3 nitrogen and oxygen atoms in total. The maximum Gasteiger partial charge on any atom is 0.255 e. The fourth-order valence-electron chi connectivity index (χ4n) is 1.45. The zero-order chi connectivity index (χ0) is 14.0. The molecular weight excluding hydrogens is 307 g/mol. The zero-order valence-corrected chi connectivity index (χ0v) is 11.9. The van der Waals surface area contributed by atoms with Gasteiger partial charge in [-0.2, -0.15) is 0 Å². The first kappa shape index (κ1) is 14.0. The van der Waals surface area contributed by atoms with E-state index in [0.717, 1.165) is 0 Å². The Labute approximate surface area is 125 Å². The number of hydrogen-bond acceptors (Lipinski definition) is 2. The van der Waals surface area contributed by atoms with E-state index in [1.807, 2.05) is 0 Å². The van der Waals surface area contributed by atoms with Gasteiger partial charge >= 0.3 is 0 Å². The van der Waals surface area contributed by atoms with Gasteiger partial charge in [0.25, 0.3) is 5.91 Å². The predicted octanol–water partition coefficient (Wildman–Crippen LogP) is 4.48. The van der Waals surface area contributed by atoms with Crippen LogP contribution < -0.4 is 11.1 Å². The Morgan fingerprint density at radius 2 is 1.68 bits per heavy atom. The van der Waals surface area contributed by atoms with E-state index in [4.69, 9.17) is 40.5 Å². The topological polar surface area (TPSA) is 55.1 Å². The highest BCUT2D eigenvalue weighted by Gasteiger charge is 2.09. The maximum absolute atomic E-state index is 12.0. The summed E-state index contributed by atoms with van der Waals surface area (Å²) in [6.07, 6.45) is 0. The number of nitrogens with two attached hydrogens (primary N) is 1. The van der Waals surface area contributed by atoms with Crippen molar-refractivity contribution >= 4 is 52.1 Å². The molecule has 0 fully saturated rings. The highest BCUT2D eigenvalue weighted by Crippen LogP contribution is 2.26. The molecular formula is C13H9Cl3N2O. The highest BCUT2D eigenvalue weighted by molar-refractivity contribution is 6.42. The average molecular weight is 316 g/mol. The van der Waals surface area contributed by atoms with Gasteiger partial charge in [-0.3, -0.25) is 4.79 Å². The number of benzene rings is 2. The number of carbonyl (C=O) groups excluding carboxylic acids is 1. The number of nitrogens with one attached hydrogen (secondary N) is 1. The third-order valence-electron chi connectivity index (χ3n) is 2.44. The molecule has 0 aliphatic rings. The molecule has 0 aromatic heterocycles. The highest BCUT2D eigenvalue weighted by atomic mass is 35.5. The molecule has 0 unspecified atom stereocenters. The molecule has 19 heavy (non-hydrogen) atoms. The van der Waals surface area contributed by atoms with E-state index in [2.05, 4.69) is 5.32 Å². The minimum Gasteiger partial charge on any atom is -0.398 e. The number of rotatable bonds is 2. The van der Waals surface area contributed by atoms with Crippen molar-refractivity contribution in [2.24, 2.45) is 0 Å². The number of hydrogen-bond donors (Lipinski definition) is 2. The first-order valence-electron chi connectivity index (χ1n) is 5.29. The van der Waals surface area contributed by atoms with Crippen molar-refractivity contribution < 1.29 is 4.79 Å². The van der Waals surface area contributed by atoms with E-state index in [0.29, 0.717) is 32.0 Å². The van der Waals surface area contributed by atoms with Crippen molar-refractivity contribution in [1.82, 2.24) is 0 Å². The molecule has 2 rings (SSSR count). The molecule has 0 aliphatic heterocycles. The Bertz CT molecular complexity index is 644. The van der Waals surface area contributed by atoms with E-state index in [1.165, 1.54) is 6.07 Å². The molecule has 1 amide bonds. The molecule has 2 aromatic carbocycles. The summed E-state index contributed by atoms with van der Waals surface area (Å²) in [5, 5.41) is 3.82. The lowest BCUT2D eigenvalue weighted by Gasteiger charge is -2.07. The Balaban J connectivity index is 2.20. The third-order valence-corrected chi connectivity index (χ3v) is 3.51. The number of amides is 1. The van der Waals surface area contributed by atoms with Crippen LogP contribution in [-0.4, -0.2) is 5.91 Å². The second kappa shape index (κ2) is 5.70. The fourth-order valence-corrected chi connectivity index (χ4v) is 1.92. The molecule has 0 aliphatic carbocycles. The fraction of sp³-hybridized carbons (Fsp3) is 0. The minimum absolute atomic E-state index is 0.305. The third kappa shape index (κ3) is 3.32. The molecule has 6 heteroatoms. The largest absolute Gasteiger partial charge is 0.398 e. The number of carbonyl (C=O) groups is 1. The van der Waals surface area contributed by atoms with E-state index in [-0.39, 0.29) is 5.91 Å². The summed E-state index contributed by atoms with van der Waals surface area (Å²) >= 11 is 17.5. The van der Waals surface area contributed by atoms with Gasteiger partial charge in [0.2, 0.25) is 0 Å². The smallest absolute Gasteiger partial charge is 0.255 e. The van der Waals surface area contributed by atoms with Crippen molar-refractivity contribution in [2.45, 2.75) is 0 Å². The molecule has 0 bridgehead atoms. The Hall–Kier alpha value is -1.42. The van der Waals surface area contributed by atoms with Crippen molar-refractivity contribution in [2.75, 3.05) is 11.1 Å². The lowest BCUT2D eigenvalue weighted by Crippen LogP contribution is -2.12. The summed E-state index contributed by atoms with van der Waals surface area (Å²) < 4.78 is 0. The Morgan fingerprint density at radius 1 is 0.947 bits per heavy atom. The molecule has 0 heterocycles. The van der Waals surface area contributed by atoms with Gasteiger partial charge in [0.15, 0.2) is 0 Å². The van der Waals surface area contributed by atoms with Crippen molar-refractivity contribution in [3.8, 4) is 0 Å². The maximum atomic E-state index is 12.0. The van der Waals surface area contributed by atoms with Crippen LogP contribution in [0, 0.1) is 0 Å². The zero-order valence-electron chi connectivity index (χ0n) is 9.58. The first-order chi connectivity index (χ1) is 8.97. The van der Waals surface area contributed by atoms with Crippen molar-refractivity contribution in [1.29, 1.82) is 0 Å². The molecule has 3 N–H and O–H groups in total. The summed E-state index contributed by atoms with van der Waals surface area (Å²) in [6, 6.07) is 9.51. The van der Waals surface area contributed by atoms with Gasteiger partial charge in [-0.15, -0.1) is 0 Å². The van der Waals surface area contributed by atoms with Crippen LogP contribution in [0.25, 0.3) is 0 Å². The van der Waals surface area contributed by atoms with Gasteiger partial charge < -0.3 is 11.1 Å². The molecule has 0 spiro atoms. The average Bonchev–Trinajstić information content (AvgIpc) is 2.37. The van der Waals surface area contributed by atoms with Gasteiger partial charge in [0.05, 0.1) is 20.8 Å². The normalized spacial score (nSPS) is 10.3. The Kier molecular flexibility index (Phi) is 4.20. The lowest BCUT2D eigenvalue weighted by molar-refractivity contribution is 0.102. The van der Waals surface area contributed by atoms with E-state index >= 15 is 0 Å². The molecule has 0 radical (unpaired) electrons. The minimum atomic E-state index is -0.305. The van der Waals surface area contributed by atoms with Crippen LogP contribution in [0.3, 0.4) is 0 Å². The number of halogens is 3. The standard InChI is InChI=1S/C13H9Cl3N2O/c14-9-3-2-8(6-10(9)15)18-13(19)7-1-4-12(17)11(16)5-7/h1-6H,17H2,(H,18,19). The molecule has 2 aromatic rings. The van der Waals surface area contributed by atoms with Crippen LogP contribution in [-0.2, 0) is 0 Å². The SMILES string of the molecule is Nc1ccc(C(=O)Nc2ccc(Cl)c(Cl)c2)cc1Cl. The molecule has 0 saturated heterocycles. The van der Waals surface area contributed by atoms with Crippen LogP contribution in [0.1, 0.15) is 10.4 Å². The Morgan fingerprint density at radius 3 is 2.32 bits per heavy atom.